The maximum atomic E-state index is 12.4. The zero-order valence-corrected chi connectivity index (χ0v) is 24.3. The molecule has 0 spiro atoms. The van der Waals surface area contributed by atoms with Gasteiger partial charge in [-0.25, -0.2) is 0 Å². The molecule has 1 aliphatic heterocycles. The Labute approximate surface area is 244 Å². The smallest absolute Gasteiger partial charge is 0.316 e. The van der Waals surface area contributed by atoms with Crippen molar-refractivity contribution < 1.29 is 14.3 Å². The molecular formula is C32H34ClN5O3. The molecule has 0 radical (unpaired) electrons. The van der Waals surface area contributed by atoms with E-state index in [-0.39, 0.29) is 5.97 Å². The lowest BCUT2D eigenvalue weighted by Gasteiger charge is -2.22. The Kier molecular flexibility index (Phi) is 7.08. The molecule has 1 aliphatic carbocycles. The molecule has 0 amide bonds. The minimum atomic E-state index is -0.640. The zero-order chi connectivity index (χ0) is 28.8. The summed E-state index contributed by atoms with van der Waals surface area (Å²) in [4.78, 5) is 29.3. The van der Waals surface area contributed by atoms with Crippen LogP contribution >= 0.6 is 11.6 Å². The number of benzene rings is 2. The van der Waals surface area contributed by atoms with Gasteiger partial charge in [0, 0.05) is 23.3 Å². The van der Waals surface area contributed by atoms with Gasteiger partial charge < -0.3 is 20.2 Å². The molecule has 2 aliphatic rings. The number of aromatic nitrogens is 3. The van der Waals surface area contributed by atoms with Crippen LogP contribution in [0.4, 0.5) is 11.4 Å². The maximum Gasteiger partial charge on any atom is 0.316 e. The molecule has 41 heavy (non-hydrogen) atoms. The minimum absolute atomic E-state index is 0.329. The fourth-order valence-corrected chi connectivity index (χ4v) is 5.52. The summed E-state index contributed by atoms with van der Waals surface area (Å²) >= 11 is 6.55. The third kappa shape index (κ3) is 5.46. The van der Waals surface area contributed by atoms with Crippen LogP contribution in [0.15, 0.2) is 55.0 Å². The number of carbonyl (C=O) groups excluding carboxylic acids is 2. The molecular weight excluding hydrogens is 538 g/mol. The first-order valence-corrected chi connectivity index (χ1v) is 14.5. The summed E-state index contributed by atoms with van der Waals surface area (Å²) in [7, 11) is 0. The van der Waals surface area contributed by atoms with Gasteiger partial charge in [0.05, 0.1) is 45.0 Å². The van der Waals surface area contributed by atoms with Crippen molar-refractivity contribution in [2.45, 2.75) is 57.9 Å². The molecule has 1 saturated carbocycles. The van der Waals surface area contributed by atoms with E-state index in [4.69, 9.17) is 21.3 Å². The maximum absolute atomic E-state index is 12.4. The van der Waals surface area contributed by atoms with E-state index in [1.165, 1.54) is 0 Å². The molecule has 2 fully saturated rings. The second-order valence-corrected chi connectivity index (χ2v) is 12.6. The van der Waals surface area contributed by atoms with Gasteiger partial charge in [0.1, 0.15) is 12.0 Å². The molecule has 2 N–H and O–H groups in total. The highest BCUT2D eigenvalue weighted by Gasteiger charge is 2.46. The van der Waals surface area contributed by atoms with Crippen LogP contribution < -0.4 is 15.4 Å². The molecule has 6 rings (SSSR count). The molecule has 4 aromatic rings. The number of piperidine rings is 1. The minimum Gasteiger partial charge on any atom is -0.425 e. The number of hydrogen-bond acceptors (Lipinski definition) is 7. The lowest BCUT2D eigenvalue weighted by atomic mass is 9.94. The van der Waals surface area contributed by atoms with E-state index in [2.05, 4.69) is 21.8 Å². The molecule has 1 saturated heterocycles. The van der Waals surface area contributed by atoms with E-state index in [1.807, 2.05) is 41.5 Å². The Balaban J connectivity index is 1.38. The number of halogens is 1. The van der Waals surface area contributed by atoms with Crippen molar-refractivity contribution in [2.75, 3.05) is 18.4 Å². The fraction of sp³-hybridized carbons (Fsp3) is 0.375. The van der Waals surface area contributed by atoms with Crippen LogP contribution in [0.2, 0.25) is 5.02 Å². The monoisotopic (exact) mass is 571 g/mol. The second-order valence-electron chi connectivity index (χ2n) is 12.2. The topological polar surface area (TPSA) is 98.1 Å². The Hall–Kier alpha value is -3.75. The number of nitrogens with one attached hydrogen (secondary N) is 2. The van der Waals surface area contributed by atoms with E-state index >= 15 is 0 Å². The van der Waals surface area contributed by atoms with Gasteiger partial charge in [-0.1, -0.05) is 23.7 Å². The number of pyridine rings is 1. The van der Waals surface area contributed by atoms with E-state index in [9.17, 15) is 9.59 Å². The van der Waals surface area contributed by atoms with Crippen LogP contribution in [0.5, 0.6) is 5.75 Å². The van der Waals surface area contributed by atoms with Crippen molar-refractivity contribution >= 4 is 46.1 Å². The van der Waals surface area contributed by atoms with Gasteiger partial charge in [-0.3, -0.25) is 14.5 Å². The lowest BCUT2D eigenvalue weighted by molar-refractivity contribution is -0.143. The van der Waals surface area contributed by atoms with Gasteiger partial charge in [-0.05, 0) is 94.9 Å². The van der Waals surface area contributed by atoms with Gasteiger partial charge in [-0.2, -0.15) is 5.10 Å². The van der Waals surface area contributed by atoms with Crippen molar-refractivity contribution in [1.82, 2.24) is 20.1 Å². The third-order valence-corrected chi connectivity index (χ3v) is 8.35. The summed E-state index contributed by atoms with van der Waals surface area (Å²) < 4.78 is 7.58. The van der Waals surface area contributed by atoms with Crippen LogP contribution in [-0.4, -0.2) is 40.1 Å². The first kappa shape index (κ1) is 27.4. The summed E-state index contributed by atoms with van der Waals surface area (Å²) in [6.45, 7) is 7.38. The zero-order valence-electron chi connectivity index (χ0n) is 23.5. The third-order valence-electron chi connectivity index (χ3n) is 8.05. The number of anilines is 2. The highest BCUT2D eigenvalue weighted by Crippen LogP contribution is 2.51. The van der Waals surface area contributed by atoms with Crippen LogP contribution in [0, 0.1) is 5.41 Å². The van der Waals surface area contributed by atoms with Crippen molar-refractivity contribution in [3.63, 3.8) is 0 Å². The largest absolute Gasteiger partial charge is 0.425 e. The van der Waals surface area contributed by atoms with Crippen LogP contribution in [0.25, 0.3) is 22.0 Å². The standard InChI is InChI=1S/C32H34ClN5O3/c1-31(2,3)30(40)41-28-7-5-21(15-26(28)33)20-4-6-27-24(14-20)29(25(17-35-27)32(19-39)10-11-32)37-22-16-36-38(18-22)23-8-12-34-13-9-23/h4-7,14-19,23,34H,8-13H2,1-3H3,(H,35,37). The molecule has 0 bridgehead atoms. The first-order valence-electron chi connectivity index (χ1n) is 14.1. The molecule has 9 heteroatoms. The van der Waals surface area contributed by atoms with E-state index in [0.717, 1.165) is 84.0 Å². The Bertz CT molecular complexity index is 1630. The average molecular weight is 572 g/mol. The summed E-state index contributed by atoms with van der Waals surface area (Å²) in [6.07, 6.45) is 10.5. The Morgan fingerprint density at radius 2 is 1.85 bits per heavy atom. The molecule has 8 nitrogen and oxygen atoms in total. The van der Waals surface area contributed by atoms with E-state index in [0.29, 0.717) is 16.8 Å². The van der Waals surface area contributed by atoms with Gasteiger partial charge >= 0.3 is 5.97 Å². The number of rotatable bonds is 7. The average Bonchev–Trinajstić information content (AvgIpc) is 3.63. The van der Waals surface area contributed by atoms with Gasteiger partial charge in [0.15, 0.2) is 0 Å². The molecule has 2 aromatic heterocycles. The summed E-state index contributed by atoms with van der Waals surface area (Å²) in [5, 5.41) is 12.9. The molecule has 0 atom stereocenters. The van der Waals surface area contributed by atoms with Crippen molar-refractivity contribution in [3.05, 3.63) is 65.6 Å². The van der Waals surface area contributed by atoms with Gasteiger partial charge in [-0.15, -0.1) is 0 Å². The molecule has 2 aromatic carbocycles. The van der Waals surface area contributed by atoms with Gasteiger partial charge in [0.2, 0.25) is 0 Å². The van der Waals surface area contributed by atoms with Crippen molar-refractivity contribution in [3.8, 4) is 16.9 Å². The lowest BCUT2D eigenvalue weighted by Crippen LogP contribution is -2.29. The van der Waals surface area contributed by atoms with E-state index < -0.39 is 10.8 Å². The van der Waals surface area contributed by atoms with Crippen LogP contribution in [-0.2, 0) is 15.0 Å². The van der Waals surface area contributed by atoms with Crippen LogP contribution in [0.3, 0.4) is 0 Å². The number of carbonyl (C=O) groups is 2. The highest BCUT2D eigenvalue weighted by atomic mass is 35.5. The summed E-state index contributed by atoms with van der Waals surface area (Å²) in [6, 6.07) is 11.8. The first-order chi connectivity index (χ1) is 19.7. The molecule has 212 valence electrons. The molecule has 3 heterocycles. The van der Waals surface area contributed by atoms with Crippen molar-refractivity contribution in [2.24, 2.45) is 5.41 Å². The summed E-state index contributed by atoms with van der Waals surface area (Å²) in [5.74, 6) is -0.0188. The van der Waals surface area contributed by atoms with Crippen molar-refractivity contribution in [1.29, 1.82) is 0 Å². The van der Waals surface area contributed by atoms with Crippen LogP contribution in [0.1, 0.15) is 58.1 Å². The molecule has 0 unspecified atom stereocenters. The fourth-order valence-electron chi connectivity index (χ4n) is 5.30. The number of aldehydes is 1. The Morgan fingerprint density at radius 3 is 2.54 bits per heavy atom. The Morgan fingerprint density at radius 1 is 1.12 bits per heavy atom. The normalized spacial score (nSPS) is 16.9. The van der Waals surface area contributed by atoms with Gasteiger partial charge in [0.25, 0.3) is 0 Å². The summed E-state index contributed by atoms with van der Waals surface area (Å²) in [5.41, 5.74) is 4.09. The number of ether oxygens (including phenoxy) is 1. The number of hydrogen-bond donors (Lipinski definition) is 2. The predicted octanol–water partition coefficient (Wildman–Crippen LogP) is 6.60. The SMILES string of the molecule is CC(C)(C)C(=O)Oc1ccc(-c2ccc3ncc(C4(C=O)CC4)c(Nc4cnn(C5CCNCC5)c4)c3c2)cc1Cl. The van der Waals surface area contributed by atoms with E-state index in [1.54, 1.807) is 32.9 Å². The highest BCUT2D eigenvalue weighted by molar-refractivity contribution is 6.32. The number of fused-ring (bicyclic) bond motifs is 1. The quantitative estimate of drug-likeness (QED) is 0.146. The number of nitrogens with zero attached hydrogens (tertiary/aromatic N) is 3. The number of esters is 1. The second kappa shape index (κ2) is 10.6. The predicted molar refractivity (Wildman–Crippen MR) is 161 cm³/mol.